The third kappa shape index (κ3) is 6.90. The van der Waals surface area contributed by atoms with Crippen LogP contribution in [-0.2, 0) is 4.79 Å². The van der Waals surface area contributed by atoms with E-state index in [1.54, 1.807) is 18.2 Å². The highest BCUT2D eigenvalue weighted by Gasteiger charge is 2.38. The summed E-state index contributed by atoms with van der Waals surface area (Å²) in [5.41, 5.74) is 2.59. The summed E-state index contributed by atoms with van der Waals surface area (Å²) in [4.78, 5) is 10.6. The van der Waals surface area contributed by atoms with Gasteiger partial charge in [-0.05, 0) is 62.5 Å². The smallest absolute Gasteiger partial charge is 0.475 e. The Morgan fingerprint density at radius 3 is 2.38 bits per heavy atom. The summed E-state index contributed by atoms with van der Waals surface area (Å²) in [5, 5.41) is 10.7. The van der Waals surface area contributed by atoms with E-state index in [4.69, 9.17) is 21.5 Å². The number of alkyl halides is 3. The van der Waals surface area contributed by atoms with Crippen LogP contribution in [0.25, 0.3) is 0 Å². The van der Waals surface area contributed by atoms with Crippen molar-refractivity contribution in [2.45, 2.75) is 41.7 Å². The number of halogens is 5. The fourth-order valence-corrected chi connectivity index (χ4v) is 4.19. The predicted octanol–water partition coefficient (Wildman–Crippen LogP) is 6.04. The molecule has 0 aromatic heterocycles. The summed E-state index contributed by atoms with van der Waals surface area (Å²) in [6.45, 7) is 4.21. The lowest BCUT2D eigenvalue weighted by Crippen LogP contribution is -2.26. The molecule has 1 fully saturated rings. The molecule has 0 saturated carbocycles. The number of aryl methyl sites for hydroxylation is 1. The van der Waals surface area contributed by atoms with Gasteiger partial charge in [-0.1, -0.05) is 47.1 Å². The molecule has 0 amide bonds. The highest BCUT2D eigenvalue weighted by molar-refractivity contribution is 7.99. The maximum Gasteiger partial charge on any atom is 0.490 e. The minimum Gasteiger partial charge on any atom is -0.475 e. The van der Waals surface area contributed by atoms with Crippen LogP contribution in [0.1, 0.15) is 29.9 Å². The van der Waals surface area contributed by atoms with Crippen LogP contribution in [0.3, 0.4) is 0 Å². The fourth-order valence-electron chi connectivity index (χ4n) is 2.89. The van der Waals surface area contributed by atoms with Crippen LogP contribution in [-0.4, -0.2) is 30.3 Å². The van der Waals surface area contributed by atoms with Gasteiger partial charge < -0.3 is 10.4 Å². The summed E-state index contributed by atoms with van der Waals surface area (Å²) >= 11 is 7.37. The van der Waals surface area contributed by atoms with Crippen molar-refractivity contribution < 1.29 is 27.5 Å². The minimum absolute atomic E-state index is 0.181. The van der Waals surface area contributed by atoms with Crippen LogP contribution in [0.4, 0.5) is 17.6 Å². The number of carboxylic acids is 1. The third-order valence-electron chi connectivity index (χ3n) is 4.32. The van der Waals surface area contributed by atoms with Crippen molar-refractivity contribution >= 4 is 29.3 Å². The van der Waals surface area contributed by atoms with Gasteiger partial charge in [0.1, 0.15) is 0 Å². The summed E-state index contributed by atoms with van der Waals surface area (Å²) < 4.78 is 45.9. The normalized spacial score (nSPS) is 14.8. The first kappa shape index (κ1) is 23.5. The number of aliphatic carboxylic acids is 1. The van der Waals surface area contributed by atoms with E-state index in [-0.39, 0.29) is 10.8 Å². The molecule has 158 valence electrons. The Hall–Kier alpha value is -1.77. The van der Waals surface area contributed by atoms with Crippen LogP contribution < -0.4 is 5.32 Å². The molecule has 29 heavy (non-hydrogen) atoms. The number of rotatable bonds is 3. The van der Waals surface area contributed by atoms with Crippen molar-refractivity contribution in [2.75, 3.05) is 13.1 Å². The Morgan fingerprint density at radius 2 is 1.79 bits per heavy atom. The highest BCUT2D eigenvalue weighted by atomic mass is 35.5. The number of carboxylic acid groups (broad SMARTS) is 1. The molecule has 0 bridgehead atoms. The monoisotopic (exact) mass is 449 g/mol. The van der Waals surface area contributed by atoms with Gasteiger partial charge in [0.05, 0.1) is 5.02 Å². The van der Waals surface area contributed by atoms with Gasteiger partial charge in [-0.25, -0.2) is 9.18 Å². The van der Waals surface area contributed by atoms with Gasteiger partial charge in [0.15, 0.2) is 5.82 Å². The van der Waals surface area contributed by atoms with Gasteiger partial charge in [-0.2, -0.15) is 13.2 Å². The topological polar surface area (TPSA) is 49.3 Å². The third-order valence-corrected chi connectivity index (χ3v) is 5.74. The van der Waals surface area contributed by atoms with Crippen LogP contribution in [0.15, 0.2) is 46.2 Å². The zero-order chi connectivity index (χ0) is 21.6. The van der Waals surface area contributed by atoms with E-state index in [0.29, 0.717) is 10.8 Å². The molecule has 3 rings (SSSR count). The molecule has 2 aromatic carbocycles. The number of carbonyl (C=O) groups is 1. The molecular formula is C20H20ClF4NO2S. The van der Waals surface area contributed by atoms with E-state index in [1.165, 1.54) is 22.9 Å². The zero-order valence-electron chi connectivity index (χ0n) is 15.5. The molecule has 1 aliphatic heterocycles. The maximum atomic E-state index is 14.2. The van der Waals surface area contributed by atoms with Crippen molar-refractivity contribution in [3.05, 3.63) is 58.4 Å². The average molecular weight is 450 g/mol. The summed E-state index contributed by atoms with van der Waals surface area (Å²) in [5.74, 6) is -2.54. The van der Waals surface area contributed by atoms with Crippen molar-refractivity contribution in [1.82, 2.24) is 5.32 Å². The molecule has 2 aromatic rings. The molecule has 0 aliphatic carbocycles. The molecule has 0 atom stereocenters. The van der Waals surface area contributed by atoms with Gasteiger partial charge in [0.2, 0.25) is 0 Å². The Kier molecular flexibility index (Phi) is 8.36. The first-order chi connectivity index (χ1) is 13.6. The molecule has 0 unspecified atom stereocenters. The van der Waals surface area contributed by atoms with Crippen LogP contribution in [0.5, 0.6) is 0 Å². The standard InChI is InChI=1S/C18H19ClFNS.C2HF3O2/c1-12-5-6-16(14(11-12)13-7-9-21-10-8-13)22-17-4-2-3-15(19)18(17)20;3-2(4,5)1(6)7/h2-6,11,13,21H,7-10H2,1H3;(H,6,7). The Balaban J connectivity index is 0.000000370. The quantitative estimate of drug-likeness (QED) is 0.561. The summed E-state index contributed by atoms with van der Waals surface area (Å²) in [6.07, 6.45) is -2.82. The number of hydrogen-bond acceptors (Lipinski definition) is 3. The molecule has 0 spiro atoms. The lowest BCUT2D eigenvalue weighted by atomic mass is 9.89. The van der Waals surface area contributed by atoms with Gasteiger partial charge >= 0.3 is 12.1 Å². The Morgan fingerprint density at radius 1 is 1.17 bits per heavy atom. The average Bonchev–Trinajstić information content (AvgIpc) is 2.67. The molecule has 1 heterocycles. The predicted molar refractivity (Wildman–Crippen MR) is 105 cm³/mol. The van der Waals surface area contributed by atoms with Crippen LogP contribution in [0.2, 0.25) is 5.02 Å². The van der Waals surface area contributed by atoms with Crippen molar-refractivity contribution in [3.8, 4) is 0 Å². The fraction of sp³-hybridized carbons (Fsp3) is 0.350. The molecule has 9 heteroatoms. The van der Waals surface area contributed by atoms with Gasteiger partial charge in [-0.15, -0.1) is 0 Å². The van der Waals surface area contributed by atoms with Crippen LogP contribution in [0, 0.1) is 12.7 Å². The maximum absolute atomic E-state index is 14.2. The van der Waals surface area contributed by atoms with Crippen LogP contribution >= 0.6 is 23.4 Å². The van der Waals surface area contributed by atoms with E-state index < -0.39 is 12.1 Å². The first-order valence-corrected chi connectivity index (χ1v) is 10.0. The van der Waals surface area contributed by atoms with Crippen molar-refractivity contribution in [2.24, 2.45) is 0 Å². The number of nitrogens with one attached hydrogen (secondary N) is 1. The number of benzene rings is 2. The summed E-state index contributed by atoms with van der Waals surface area (Å²) in [6, 6.07) is 11.6. The summed E-state index contributed by atoms with van der Waals surface area (Å²) in [7, 11) is 0. The molecule has 2 N–H and O–H groups in total. The van der Waals surface area contributed by atoms with Gasteiger partial charge in [0, 0.05) is 9.79 Å². The number of piperidine rings is 1. The second-order valence-electron chi connectivity index (χ2n) is 6.52. The molecule has 1 aliphatic rings. The first-order valence-electron chi connectivity index (χ1n) is 8.83. The molecule has 0 radical (unpaired) electrons. The zero-order valence-corrected chi connectivity index (χ0v) is 17.1. The van der Waals surface area contributed by atoms with E-state index in [9.17, 15) is 17.6 Å². The minimum atomic E-state index is -5.08. The second-order valence-corrected chi connectivity index (χ2v) is 8.01. The Bertz CT molecular complexity index is 855. The van der Waals surface area contributed by atoms with E-state index in [1.807, 2.05) is 0 Å². The van der Waals surface area contributed by atoms with Crippen molar-refractivity contribution in [3.63, 3.8) is 0 Å². The Labute approximate surface area is 175 Å². The second kappa shape index (κ2) is 10.3. The van der Waals surface area contributed by atoms with Crippen molar-refractivity contribution in [1.29, 1.82) is 0 Å². The van der Waals surface area contributed by atoms with Gasteiger partial charge in [0.25, 0.3) is 0 Å². The molecular weight excluding hydrogens is 430 g/mol. The lowest BCUT2D eigenvalue weighted by molar-refractivity contribution is -0.192. The number of hydrogen-bond donors (Lipinski definition) is 2. The van der Waals surface area contributed by atoms with E-state index in [0.717, 1.165) is 30.8 Å². The van der Waals surface area contributed by atoms with E-state index in [2.05, 4.69) is 30.4 Å². The molecule has 1 saturated heterocycles. The highest BCUT2D eigenvalue weighted by Crippen LogP contribution is 2.39. The van der Waals surface area contributed by atoms with E-state index >= 15 is 0 Å². The SMILES string of the molecule is Cc1ccc(Sc2cccc(Cl)c2F)c(C2CCNCC2)c1.O=C(O)C(F)(F)F. The lowest BCUT2D eigenvalue weighted by Gasteiger charge is -2.25. The molecule has 3 nitrogen and oxygen atoms in total. The largest absolute Gasteiger partial charge is 0.490 e. The van der Waals surface area contributed by atoms with Gasteiger partial charge in [-0.3, -0.25) is 0 Å².